The first-order valence-electron chi connectivity index (χ1n) is 9.74. The summed E-state index contributed by atoms with van der Waals surface area (Å²) in [6.45, 7) is -0.649. The molecule has 0 atom stereocenters. The molecule has 0 spiro atoms. The molecule has 11 nitrogen and oxygen atoms in total. The van der Waals surface area contributed by atoms with Gasteiger partial charge in [-0.3, -0.25) is 9.59 Å². The topological polar surface area (TPSA) is 179 Å². The molecule has 0 fully saturated rings. The quantitative estimate of drug-likeness (QED) is 0.242. The molecule has 4 aromatic rings. The molecule has 2 aromatic carbocycles. The third kappa shape index (κ3) is 5.54. The third-order valence-electron chi connectivity index (χ3n) is 4.70. The smallest absolute Gasteiger partial charge is 0.542 e. The van der Waals surface area contributed by atoms with Crippen LogP contribution in [-0.4, -0.2) is 36.4 Å². The van der Waals surface area contributed by atoms with Crippen LogP contribution in [0.4, 0.5) is 0 Å². The van der Waals surface area contributed by atoms with Gasteiger partial charge in [0, 0.05) is 12.1 Å². The van der Waals surface area contributed by atoms with Crippen LogP contribution in [0.2, 0.25) is 0 Å². The molecule has 12 heteroatoms. The zero-order chi connectivity index (χ0) is 24.4. The van der Waals surface area contributed by atoms with Crippen LogP contribution in [0.15, 0.2) is 67.0 Å². The molecule has 2 heterocycles. The third-order valence-corrected chi connectivity index (χ3v) is 4.70. The van der Waals surface area contributed by atoms with Crippen LogP contribution in [0.3, 0.4) is 0 Å². The van der Waals surface area contributed by atoms with Crippen molar-refractivity contribution in [2.24, 2.45) is 0 Å². The number of hydrogen-bond donors (Lipinski definition) is 1. The molecule has 0 saturated carbocycles. The van der Waals surface area contributed by atoms with Gasteiger partial charge in [-0.05, 0) is 24.3 Å². The van der Waals surface area contributed by atoms with Crippen LogP contribution < -0.4 is 60.1 Å². The van der Waals surface area contributed by atoms with Gasteiger partial charge in [0.1, 0.15) is 64.7 Å². The fraction of sp³-hybridized carbons (Fsp3) is 0.130. The van der Waals surface area contributed by atoms with E-state index in [0.717, 1.165) is 12.1 Å². The number of rotatable bonds is 8. The van der Waals surface area contributed by atoms with Gasteiger partial charge in [-0.25, -0.2) is 0 Å². The van der Waals surface area contributed by atoms with Crippen molar-refractivity contribution in [3.63, 3.8) is 0 Å². The Labute approximate surface area is 217 Å². The largest absolute Gasteiger partial charge is 1.00 e. The van der Waals surface area contributed by atoms with E-state index in [1.54, 1.807) is 0 Å². The van der Waals surface area contributed by atoms with Crippen molar-refractivity contribution in [3.8, 4) is 11.5 Å². The second kappa shape index (κ2) is 10.7. The molecule has 0 aliphatic rings. The minimum atomic E-state index is -1.64. The van der Waals surface area contributed by atoms with E-state index in [-0.39, 0.29) is 76.2 Å². The average molecular weight is 489 g/mol. The van der Waals surface area contributed by atoms with Crippen LogP contribution in [0.25, 0.3) is 21.9 Å². The standard InChI is InChI=1S/C23H16O11.Na/c24-11(9-31-14-3-1-5-16-20(14)12(25)7-18(33-16)22(27)28)10-32-15-4-2-6-17-21(15)13(26)8-19(34-17)23(29)30;/h1-8,11,24H,9-10H2,(H,27,28)(H,29,30);/q;+1/p-2. The predicted molar refractivity (Wildman–Crippen MR) is 111 cm³/mol. The molecule has 0 saturated heterocycles. The molecule has 0 radical (unpaired) electrons. The first kappa shape index (κ1) is 26.0. The summed E-state index contributed by atoms with van der Waals surface area (Å²) in [4.78, 5) is 46.5. The number of aliphatic hydroxyl groups is 1. The predicted octanol–water partition coefficient (Wildman–Crippen LogP) is -3.55. The van der Waals surface area contributed by atoms with Crippen molar-refractivity contribution in [1.29, 1.82) is 0 Å². The van der Waals surface area contributed by atoms with Gasteiger partial charge >= 0.3 is 29.6 Å². The second-order valence-corrected chi connectivity index (χ2v) is 7.06. The summed E-state index contributed by atoms with van der Waals surface area (Å²) in [5.74, 6) is -4.44. The van der Waals surface area contributed by atoms with Crippen molar-refractivity contribution >= 4 is 33.9 Å². The minimum absolute atomic E-state index is 0. The Hall–Kier alpha value is -3.64. The maximum absolute atomic E-state index is 12.3. The van der Waals surface area contributed by atoms with Crippen LogP contribution in [0.5, 0.6) is 11.5 Å². The monoisotopic (exact) mass is 489 g/mol. The molecular weight excluding hydrogens is 475 g/mol. The number of carbonyl (C=O) groups excluding carboxylic acids is 2. The van der Waals surface area contributed by atoms with Crippen molar-refractivity contribution in [2.45, 2.75) is 6.10 Å². The number of hydrogen-bond acceptors (Lipinski definition) is 11. The number of carboxylic acid groups (broad SMARTS) is 2. The molecular formula is C23H14NaO11-. The molecule has 0 aliphatic carbocycles. The number of benzene rings is 2. The van der Waals surface area contributed by atoms with E-state index < -0.39 is 40.4 Å². The fourth-order valence-corrected chi connectivity index (χ4v) is 3.22. The molecule has 0 unspecified atom stereocenters. The molecule has 174 valence electrons. The first-order chi connectivity index (χ1) is 16.2. The summed E-state index contributed by atoms with van der Waals surface area (Å²) in [6.07, 6.45) is -1.21. The Balaban J connectivity index is 0.00000342. The van der Waals surface area contributed by atoms with Crippen LogP contribution in [0, 0.1) is 0 Å². The minimum Gasteiger partial charge on any atom is -0.542 e. The van der Waals surface area contributed by atoms with E-state index in [1.165, 1.54) is 36.4 Å². The zero-order valence-electron chi connectivity index (χ0n) is 18.1. The molecule has 35 heavy (non-hydrogen) atoms. The molecule has 4 rings (SSSR count). The van der Waals surface area contributed by atoms with Crippen LogP contribution >= 0.6 is 0 Å². The van der Waals surface area contributed by atoms with E-state index in [0.29, 0.717) is 0 Å². The van der Waals surface area contributed by atoms with Crippen molar-refractivity contribution in [3.05, 3.63) is 80.5 Å². The van der Waals surface area contributed by atoms with Crippen LogP contribution in [0.1, 0.15) is 21.1 Å². The van der Waals surface area contributed by atoms with E-state index >= 15 is 0 Å². The molecule has 2 aromatic heterocycles. The average Bonchev–Trinajstić information content (AvgIpc) is 2.80. The van der Waals surface area contributed by atoms with E-state index in [1.807, 2.05) is 0 Å². The Kier molecular flexibility index (Phi) is 7.97. The van der Waals surface area contributed by atoms with Crippen LogP contribution in [-0.2, 0) is 0 Å². The summed E-state index contributed by atoms with van der Waals surface area (Å²) in [6, 6.07) is 10.1. The summed E-state index contributed by atoms with van der Waals surface area (Å²) in [5.41, 5.74) is -1.40. The van der Waals surface area contributed by atoms with Gasteiger partial charge in [0.15, 0.2) is 22.4 Å². The normalized spacial score (nSPS) is 10.8. The Morgan fingerprint density at radius 2 is 1.20 bits per heavy atom. The Morgan fingerprint density at radius 3 is 1.57 bits per heavy atom. The van der Waals surface area contributed by atoms with E-state index in [2.05, 4.69) is 0 Å². The Bertz CT molecular complexity index is 1420. The molecule has 0 aliphatic heterocycles. The van der Waals surface area contributed by atoms with Gasteiger partial charge in [-0.2, -0.15) is 0 Å². The van der Waals surface area contributed by atoms with Crippen molar-refractivity contribution < 1.29 is 72.8 Å². The van der Waals surface area contributed by atoms with Gasteiger partial charge < -0.3 is 43.2 Å². The van der Waals surface area contributed by atoms with Gasteiger partial charge in [0.2, 0.25) is 0 Å². The van der Waals surface area contributed by atoms with Gasteiger partial charge in [0.25, 0.3) is 0 Å². The first-order valence-corrected chi connectivity index (χ1v) is 9.74. The number of aromatic carboxylic acids is 2. The number of ether oxygens (including phenoxy) is 2. The van der Waals surface area contributed by atoms with Gasteiger partial charge in [-0.15, -0.1) is 0 Å². The SMILES string of the molecule is O=C([O-])c1cc(=O)c2c(OCC(O)COc3cccc4oc(C(=O)[O-])cc(=O)c34)cccc2o1.[Na+]. The second-order valence-electron chi connectivity index (χ2n) is 7.06. The van der Waals surface area contributed by atoms with Crippen molar-refractivity contribution in [2.75, 3.05) is 13.2 Å². The number of aliphatic hydroxyl groups excluding tert-OH is 1. The molecule has 0 bridgehead atoms. The van der Waals surface area contributed by atoms with E-state index in [9.17, 15) is 34.5 Å². The fourth-order valence-electron chi connectivity index (χ4n) is 3.22. The summed E-state index contributed by atoms with van der Waals surface area (Å²) in [7, 11) is 0. The molecule has 1 N–H and O–H groups in total. The zero-order valence-corrected chi connectivity index (χ0v) is 20.1. The maximum atomic E-state index is 12.3. The van der Waals surface area contributed by atoms with E-state index in [4.69, 9.17) is 18.3 Å². The number of carboxylic acids is 2. The van der Waals surface area contributed by atoms with Crippen molar-refractivity contribution in [1.82, 2.24) is 0 Å². The summed E-state index contributed by atoms with van der Waals surface area (Å²) >= 11 is 0. The number of fused-ring (bicyclic) bond motifs is 2. The Morgan fingerprint density at radius 1 is 0.800 bits per heavy atom. The van der Waals surface area contributed by atoms with Gasteiger partial charge in [-0.1, -0.05) is 12.1 Å². The maximum Gasteiger partial charge on any atom is 1.00 e. The molecule has 0 amide bonds. The summed E-state index contributed by atoms with van der Waals surface area (Å²) < 4.78 is 21.2. The van der Waals surface area contributed by atoms with Gasteiger partial charge in [0.05, 0.1) is 0 Å². The summed E-state index contributed by atoms with van der Waals surface area (Å²) in [5, 5.41) is 32.1. The number of carbonyl (C=O) groups is 2.